The molecule has 0 heterocycles. The van der Waals surface area contributed by atoms with E-state index < -0.39 is 15.9 Å². The minimum absolute atomic E-state index is 0.0407. The van der Waals surface area contributed by atoms with Gasteiger partial charge in [0.2, 0.25) is 10.0 Å². The Morgan fingerprint density at radius 3 is 2.19 bits per heavy atom. The van der Waals surface area contributed by atoms with Gasteiger partial charge in [0, 0.05) is 13.2 Å². The maximum atomic E-state index is 13.8. The van der Waals surface area contributed by atoms with Crippen molar-refractivity contribution < 1.29 is 17.9 Å². The fourth-order valence-electron chi connectivity index (χ4n) is 3.06. The zero-order chi connectivity index (χ0) is 19.5. The fraction of sp³-hybridized carbons (Fsp3) is 0.400. The number of nitrogens with one attached hydrogen (secondary N) is 1. The molecule has 0 saturated carbocycles. The fourth-order valence-corrected chi connectivity index (χ4v) is 4.79. The van der Waals surface area contributed by atoms with E-state index in [2.05, 4.69) is 4.72 Å². The third kappa shape index (κ3) is 4.50. The quantitative estimate of drug-likeness (QED) is 0.776. The molecule has 0 aliphatic rings. The molecule has 6 heteroatoms. The molecule has 142 valence electrons. The average molecular weight is 379 g/mol. The van der Waals surface area contributed by atoms with Crippen LogP contribution in [0.3, 0.4) is 0 Å². The van der Waals surface area contributed by atoms with Crippen molar-refractivity contribution in [2.45, 2.75) is 39.0 Å². The van der Waals surface area contributed by atoms with Gasteiger partial charge in [-0.2, -0.15) is 0 Å². The molecule has 0 radical (unpaired) electrons. The van der Waals surface area contributed by atoms with Crippen LogP contribution in [0.2, 0.25) is 0 Å². The number of benzene rings is 2. The Balaban J connectivity index is 2.21. The third-order valence-corrected chi connectivity index (χ3v) is 6.55. The maximum absolute atomic E-state index is 13.8. The zero-order valence-electron chi connectivity index (χ0n) is 15.6. The lowest BCUT2D eigenvalue weighted by atomic mass is 10.00. The van der Waals surface area contributed by atoms with Crippen molar-refractivity contribution >= 4 is 10.0 Å². The number of aliphatic hydroxyl groups excluding tert-OH is 1. The highest BCUT2D eigenvalue weighted by atomic mass is 32.2. The van der Waals surface area contributed by atoms with Crippen molar-refractivity contribution in [3.05, 3.63) is 64.0 Å². The number of rotatable bonds is 7. The van der Waals surface area contributed by atoms with Crippen LogP contribution in [0.1, 0.15) is 27.8 Å². The van der Waals surface area contributed by atoms with Crippen LogP contribution in [-0.4, -0.2) is 26.7 Å². The summed E-state index contributed by atoms with van der Waals surface area (Å²) in [5.74, 6) is -0.761. The van der Waals surface area contributed by atoms with Crippen molar-refractivity contribution in [1.82, 2.24) is 4.72 Å². The highest BCUT2D eigenvalue weighted by Crippen LogP contribution is 2.26. The molecule has 2 aromatic rings. The van der Waals surface area contributed by atoms with E-state index in [9.17, 15) is 17.9 Å². The highest BCUT2D eigenvalue weighted by molar-refractivity contribution is 7.89. The van der Waals surface area contributed by atoms with Gasteiger partial charge in [0.1, 0.15) is 5.82 Å². The molecular formula is C20H26FNO3S. The zero-order valence-corrected chi connectivity index (χ0v) is 16.5. The first-order chi connectivity index (χ1) is 12.2. The molecule has 4 nitrogen and oxygen atoms in total. The maximum Gasteiger partial charge on any atom is 0.241 e. The SMILES string of the molecule is Cc1cc(C)c(C)c(S(=O)(=O)NCC(CO)Cc2ccccc2F)c1C. The number of halogens is 1. The lowest BCUT2D eigenvalue weighted by Gasteiger charge is -2.19. The highest BCUT2D eigenvalue weighted by Gasteiger charge is 2.23. The molecule has 1 atom stereocenters. The van der Waals surface area contributed by atoms with Crippen LogP contribution in [0, 0.1) is 39.4 Å². The van der Waals surface area contributed by atoms with E-state index >= 15 is 0 Å². The second kappa shape index (κ2) is 8.29. The van der Waals surface area contributed by atoms with Crippen LogP contribution in [0.25, 0.3) is 0 Å². The molecule has 0 aliphatic heterocycles. The summed E-state index contributed by atoms with van der Waals surface area (Å²) < 4.78 is 42.1. The van der Waals surface area contributed by atoms with E-state index in [-0.39, 0.29) is 30.3 Å². The Hall–Kier alpha value is -1.76. The first kappa shape index (κ1) is 20.6. The summed E-state index contributed by atoms with van der Waals surface area (Å²) in [6.45, 7) is 7.16. The molecule has 0 spiro atoms. The van der Waals surface area contributed by atoms with E-state index in [1.807, 2.05) is 19.9 Å². The van der Waals surface area contributed by atoms with Crippen LogP contribution in [0.5, 0.6) is 0 Å². The Labute approximate surface area is 155 Å². The van der Waals surface area contributed by atoms with Gasteiger partial charge in [0.05, 0.1) is 4.90 Å². The van der Waals surface area contributed by atoms with Crippen molar-refractivity contribution in [1.29, 1.82) is 0 Å². The number of aliphatic hydroxyl groups is 1. The minimum Gasteiger partial charge on any atom is -0.396 e. The van der Waals surface area contributed by atoms with Gasteiger partial charge in [-0.1, -0.05) is 24.3 Å². The van der Waals surface area contributed by atoms with Gasteiger partial charge in [-0.15, -0.1) is 0 Å². The normalized spacial score (nSPS) is 13.0. The van der Waals surface area contributed by atoms with Crippen LogP contribution in [0.15, 0.2) is 35.2 Å². The second-order valence-electron chi connectivity index (χ2n) is 6.79. The molecule has 0 bridgehead atoms. The molecule has 2 aromatic carbocycles. The summed E-state index contributed by atoms with van der Waals surface area (Å²) in [4.78, 5) is 0.289. The van der Waals surface area contributed by atoms with E-state index in [1.165, 1.54) is 6.07 Å². The van der Waals surface area contributed by atoms with E-state index in [4.69, 9.17) is 0 Å². The lowest BCUT2D eigenvalue weighted by Crippen LogP contribution is -2.33. The first-order valence-electron chi connectivity index (χ1n) is 8.58. The summed E-state index contributed by atoms with van der Waals surface area (Å²) in [7, 11) is -3.73. The summed E-state index contributed by atoms with van der Waals surface area (Å²) in [6, 6.07) is 8.29. The van der Waals surface area contributed by atoms with Crippen molar-refractivity contribution in [3.8, 4) is 0 Å². The van der Waals surface area contributed by atoms with Gasteiger partial charge in [-0.05, 0) is 73.9 Å². The van der Waals surface area contributed by atoms with Gasteiger partial charge in [0.25, 0.3) is 0 Å². The van der Waals surface area contributed by atoms with E-state index in [0.29, 0.717) is 5.56 Å². The molecule has 1 unspecified atom stereocenters. The van der Waals surface area contributed by atoms with Gasteiger partial charge in [-0.25, -0.2) is 17.5 Å². The second-order valence-corrected chi connectivity index (χ2v) is 8.49. The van der Waals surface area contributed by atoms with Crippen molar-refractivity contribution in [2.75, 3.05) is 13.2 Å². The van der Waals surface area contributed by atoms with Crippen LogP contribution >= 0.6 is 0 Å². The molecular weight excluding hydrogens is 353 g/mol. The van der Waals surface area contributed by atoms with Crippen LogP contribution in [-0.2, 0) is 16.4 Å². The van der Waals surface area contributed by atoms with Crippen LogP contribution < -0.4 is 4.72 Å². The number of hydrogen-bond acceptors (Lipinski definition) is 3. The number of sulfonamides is 1. The minimum atomic E-state index is -3.73. The van der Waals surface area contributed by atoms with Gasteiger partial charge in [-0.3, -0.25) is 0 Å². The molecule has 26 heavy (non-hydrogen) atoms. The predicted molar refractivity (Wildman–Crippen MR) is 101 cm³/mol. The first-order valence-corrected chi connectivity index (χ1v) is 10.1. The number of hydrogen-bond donors (Lipinski definition) is 2. The molecule has 2 N–H and O–H groups in total. The number of aryl methyl sites for hydroxylation is 2. The summed E-state index contributed by atoms with van der Waals surface area (Å²) in [5.41, 5.74) is 3.73. The van der Waals surface area contributed by atoms with Gasteiger partial charge >= 0.3 is 0 Å². The van der Waals surface area contributed by atoms with Crippen molar-refractivity contribution in [2.24, 2.45) is 5.92 Å². The topological polar surface area (TPSA) is 66.4 Å². The Morgan fingerprint density at radius 2 is 1.65 bits per heavy atom. The molecule has 2 rings (SSSR count). The van der Waals surface area contributed by atoms with E-state index in [1.54, 1.807) is 32.0 Å². The van der Waals surface area contributed by atoms with E-state index in [0.717, 1.165) is 22.3 Å². The Morgan fingerprint density at radius 1 is 1.08 bits per heavy atom. The third-order valence-electron chi connectivity index (χ3n) is 4.85. The van der Waals surface area contributed by atoms with Crippen LogP contribution in [0.4, 0.5) is 4.39 Å². The standard InChI is InChI=1S/C20H26FNO3S/c1-13-9-14(2)16(4)20(15(13)3)26(24,25)22-11-17(12-23)10-18-7-5-6-8-19(18)21/h5-9,17,22-23H,10-12H2,1-4H3. The average Bonchev–Trinajstić information content (AvgIpc) is 2.58. The van der Waals surface area contributed by atoms with Gasteiger partial charge < -0.3 is 5.11 Å². The molecule has 0 fully saturated rings. The summed E-state index contributed by atoms with van der Waals surface area (Å²) >= 11 is 0. The van der Waals surface area contributed by atoms with Crippen molar-refractivity contribution in [3.63, 3.8) is 0 Å². The molecule has 0 aromatic heterocycles. The molecule has 0 saturated heterocycles. The smallest absolute Gasteiger partial charge is 0.241 e. The predicted octanol–water partition coefficient (Wildman–Crippen LogP) is 3.19. The summed E-state index contributed by atoms with van der Waals surface area (Å²) in [5, 5.41) is 9.59. The molecule has 0 amide bonds. The Bertz CT molecular complexity index is 868. The Kier molecular flexibility index (Phi) is 6.55. The van der Waals surface area contributed by atoms with Gasteiger partial charge in [0.15, 0.2) is 0 Å². The molecule has 0 aliphatic carbocycles. The lowest BCUT2D eigenvalue weighted by molar-refractivity contribution is 0.226. The monoisotopic (exact) mass is 379 g/mol. The largest absolute Gasteiger partial charge is 0.396 e. The summed E-state index contributed by atoms with van der Waals surface area (Å²) in [6.07, 6.45) is 0.260.